The van der Waals surface area contributed by atoms with Gasteiger partial charge < -0.3 is 29.6 Å². The van der Waals surface area contributed by atoms with Crippen molar-refractivity contribution in [2.75, 3.05) is 52.3 Å². The predicted octanol–water partition coefficient (Wildman–Crippen LogP) is 7.10. The molecule has 0 heterocycles. The fraction of sp³-hybridized carbons (Fsp3) is 0.273. The molecular weight excluding hydrogens is 488 g/mol. The highest BCUT2D eigenvalue weighted by atomic mass is 16.5. The SMILES string of the molecule is COCCC1(CCOC)c2cc(N)ccc2-c2ccc(N(c3ccc(OC)cc3)c3ccc(OC)cc3)cc21. The van der Waals surface area contributed by atoms with E-state index < -0.39 is 0 Å². The number of hydrogen-bond acceptors (Lipinski definition) is 6. The van der Waals surface area contributed by atoms with E-state index in [0.29, 0.717) is 13.2 Å². The summed E-state index contributed by atoms with van der Waals surface area (Å²) < 4.78 is 22.1. The van der Waals surface area contributed by atoms with Gasteiger partial charge in [-0.05, 0) is 108 Å². The van der Waals surface area contributed by atoms with Gasteiger partial charge in [0.05, 0.1) is 14.2 Å². The molecule has 202 valence electrons. The molecule has 4 aromatic carbocycles. The van der Waals surface area contributed by atoms with Crippen molar-refractivity contribution in [2.24, 2.45) is 0 Å². The van der Waals surface area contributed by atoms with Crippen LogP contribution in [0.5, 0.6) is 11.5 Å². The van der Waals surface area contributed by atoms with E-state index in [-0.39, 0.29) is 5.41 Å². The van der Waals surface area contributed by atoms with E-state index in [2.05, 4.69) is 59.5 Å². The number of ether oxygens (including phenoxy) is 4. The predicted molar refractivity (Wildman–Crippen MR) is 158 cm³/mol. The van der Waals surface area contributed by atoms with Crippen molar-refractivity contribution in [1.29, 1.82) is 0 Å². The third-order valence-corrected chi connectivity index (χ3v) is 7.75. The number of methoxy groups -OCH3 is 4. The Morgan fingerprint density at radius 2 is 1.05 bits per heavy atom. The van der Waals surface area contributed by atoms with Crippen LogP contribution >= 0.6 is 0 Å². The van der Waals surface area contributed by atoms with Crippen molar-refractivity contribution in [3.63, 3.8) is 0 Å². The fourth-order valence-corrected chi connectivity index (χ4v) is 5.77. The van der Waals surface area contributed by atoms with E-state index in [1.165, 1.54) is 22.3 Å². The Kier molecular flexibility index (Phi) is 7.77. The van der Waals surface area contributed by atoms with Crippen LogP contribution in [0.2, 0.25) is 0 Å². The van der Waals surface area contributed by atoms with E-state index in [1.807, 2.05) is 30.3 Å². The van der Waals surface area contributed by atoms with Crippen LogP contribution in [-0.2, 0) is 14.9 Å². The summed E-state index contributed by atoms with van der Waals surface area (Å²) in [5.41, 5.74) is 14.9. The van der Waals surface area contributed by atoms with Crippen molar-refractivity contribution in [3.05, 3.63) is 96.1 Å². The van der Waals surface area contributed by atoms with E-state index >= 15 is 0 Å². The summed E-state index contributed by atoms with van der Waals surface area (Å²) in [6, 6.07) is 29.3. The summed E-state index contributed by atoms with van der Waals surface area (Å²) in [7, 11) is 6.87. The molecule has 0 unspecified atom stereocenters. The molecule has 6 nitrogen and oxygen atoms in total. The number of hydrogen-bond donors (Lipinski definition) is 1. The fourth-order valence-electron chi connectivity index (χ4n) is 5.77. The molecule has 0 aromatic heterocycles. The van der Waals surface area contributed by atoms with E-state index in [4.69, 9.17) is 24.7 Å². The molecule has 0 radical (unpaired) electrons. The third kappa shape index (κ3) is 4.93. The van der Waals surface area contributed by atoms with Crippen molar-refractivity contribution in [1.82, 2.24) is 0 Å². The number of benzene rings is 4. The molecule has 6 heteroatoms. The maximum Gasteiger partial charge on any atom is 0.119 e. The summed E-state index contributed by atoms with van der Waals surface area (Å²) in [4.78, 5) is 2.26. The van der Waals surface area contributed by atoms with Crippen LogP contribution in [0.15, 0.2) is 84.9 Å². The normalized spacial score (nSPS) is 13.0. The van der Waals surface area contributed by atoms with Gasteiger partial charge in [0, 0.05) is 55.6 Å². The molecule has 39 heavy (non-hydrogen) atoms. The summed E-state index contributed by atoms with van der Waals surface area (Å²) >= 11 is 0. The average Bonchev–Trinajstić information content (AvgIpc) is 3.24. The van der Waals surface area contributed by atoms with Crippen molar-refractivity contribution in [3.8, 4) is 22.6 Å². The third-order valence-electron chi connectivity index (χ3n) is 7.75. The van der Waals surface area contributed by atoms with Crippen LogP contribution in [0.3, 0.4) is 0 Å². The molecule has 5 rings (SSSR count). The first-order valence-corrected chi connectivity index (χ1v) is 13.2. The highest BCUT2D eigenvalue weighted by Crippen LogP contribution is 2.54. The smallest absolute Gasteiger partial charge is 0.119 e. The second-order valence-corrected chi connectivity index (χ2v) is 9.83. The Balaban J connectivity index is 1.70. The van der Waals surface area contributed by atoms with Crippen molar-refractivity contribution < 1.29 is 18.9 Å². The molecule has 0 spiro atoms. The van der Waals surface area contributed by atoms with Crippen LogP contribution in [0, 0.1) is 0 Å². The van der Waals surface area contributed by atoms with Gasteiger partial charge in [-0.1, -0.05) is 12.1 Å². The van der Waals surface area contributed by atoms with Gasteiger partial charge in [0.15, 0.2) is 0 Å². The topological polar surface area (TPSA) is 66.2 Å². The Labute approximate surface area is 230 Å². The minimum absolute atomic E-state index is 0.284. The number of nitrogens with zero attached hydrogens (tertiary/aromatic N) is 1. The average molecular weight is 525 g/mol. The van der Waals surface area contributed by atoms with E-state index in [0.717, 1.165) is 47.1 Å². The Morgan fingerprint density at radius 1 is 0.590 bits per heavy atom. The van der Waals surface area contributed by atoms with Gasteiger partial charge in [-0.15, -0.1) is 0 Å². The van der Waals surface area contributed by atoms with Gasteiger partial charge >= 0.3 is 0 Å². The molecule has 0 saturated carbocycles. The lowest BCUT2D eigenvalue weighted by Gasteiger charge is -2.33. The number of anilines is 4. The summed E-state index contributed by atoms with van der Waals surface area (Å²) in [5.74, 6) is 1.63. The van der Waals surface area contributed by atoms with Crippen molar-refractivity contribution >= 4 is 22.7 Å². The van der Waals surface area contributed by atoms with Crippen LogP contribution < -0.4 is 20.1 Å². The number of nitrogen functional groups attached to an aromatic ring is 1. The zero-order chi connectivity index (χ0) is 27.4. The molecule has 0 saturated heterocycles. The van der Waals surface area contributed by atoms with Crippen LogP contribution in [0.1, 0.15) is 24.0 Å². The molecule has 0 fully saturated rings. The lowest BCUT2D eigenvalue weighted by molar-refractivity contribution is 0.145. The van der Waals surface area contributed by atoms with Gasteiger partial charge in [-0.2, -0.15) is 0 Å². The molecule has 0 bridgehead atoms. The highest BCUT2D eigenvalue weighted by molar-refractivity contribution is 5.86. The van der Waals surface area contributed by atoms with E-state index in [1.54, 1.807) is 28.4 Å². The minimum Gasteiger partial charge on any atom is -0.497 e. The van der Waals surface area contributed by atoms with Gasteiger partial charge in [0.2, 0.25) is 0 Å². The second kappa shape index (κ2) is 11.4. The minimum atomic E-state index is -0.284. The van der Waals surface area contributed by atoms with Gasteiger partial charge in [0.25, 0.3) is 0 Å². The van der Waals surface area contributed by atoms with Crippen LogP contribution in [-0.4, -0.2) is 41.7 Å². The first-order chi connectivity index (χ1) is 19.0. The van der Waals surface area contributed by atoms with Gasteiger partial charge in [-0.3, -0.25) is 0 Å². The summed E-state index contributed by atoms with van der Waals surface area (Å²) in [5, 5.41) is 0. The Morgan fingerprint density at radius 3 is 1.54 bits per heavy atom. The second-order valence-electron chi connectivity index (χ2n) is 9.83. The zero-order valence-electron chi connectivity index (χ0n) is 23.1. The molecular formula is C33H36N2O4. The lowest BCUT2D eigenvalue weighted by atomic mass is 9.73. The standard InChI is InChI=1S/C33H36N2O4/c1-36-19-17-33(18-20-37-2)31-21-23(34)5-15-29(31)30-16-10-26(22-32(30)33)35(24-6-11-27(38-3)12-7-24)25-8-13-28(39-4)14-9-25/h5-16,21-22H,17-20,34H2,1-4H3. The molecule has 2 N–H and O–H groups in total. The highest BCUT2D eigenvalue weighted by Gasteiger charge is 2.43. The Bertz CT molecular complexity index is 1360. The lowest BCUT2D eigenvalue weighted by Crippen LogP contribution is -2.29. The first-order valence-electron chi connectivity index (χ1n) is 13.2. The quantitative estimate of drug-likeness (QED) is 0.211. The van der Waals surface area contributed by atoms with Gasteiger partial charge in [-0.25, -0.2) is 0 Å². The first kappa shape index (κ1) is 26.6. The molecule has 1 aliphatic carbocycles. The van der Waals surface area contributed by atoms with Crippen molar-refractivity contribution in [2.45, 2.75) is 18.3 Å². The maximum atomic E-state index is 6.33. The number of fused-ring (bicyclic) bond motifs is 3. The maximum absolute atomic E-state index is 6.33. The monoisotopic (exact) mass is 524 g/mol. The van der Waals surface area contributed by atoms with Crippen LogP contribution in [0.25, 0.3) is 11.1 Å². The van der Waals surface area contributed by atoms with Gasteiger partial charge in [0.1, 0.15) is 11.5 Å². The molecule has 0 amide bonds. The van der Waals surface area contributed by atoms with E-state index in [9.17, 15) is 0 Å². The molecule has 0 aliphatic heterocycles. The van der Waals surface area contributed by atoms with Crippen LogP contribution in [0.4, 0.5) is 22.7 Å². The summed E-state index contributed by atoms with van der Waals surface area (Å²) in [6.07, 6.45) is 1.65. The Hall–Kier alpha value is -4.00. The number of rotatable bonds is 11. The summed E-state index contributed by atoms with van der Waals surface area (Å²) in [6.45, 7) is 1.25. The molecule has 0 atom stereocenters. The largest absolute Gasteiger partial charge is 0.497 e. The zero-order valence-corrected chi connectivity index (χ0v) is 23.1. The number of nitrogens with two attached hydrogens (primary N) is 1. The molecule has 1 aliphatic rings. The molecule has 4 aromatic rings.